The van der Waals surface area contributed by atoms with Gasteiger partial charge in [0.15, 0.2) is 0 Å². The van der Waals surface area contributed by atoms with Crippen LogP contribution < -0.4 is 5.32 Å². The summed E-state index contributed by atoms with van der Waals surface area (Å²) in [6, 6.07) is 4.59. The SMILES string of the molecule is Cc1nc(-c2nc(NC3CCN(S(C)(=O)=O)CC3)ncc2C(F)(F)F)cn1-c1ccc(C2CN(C[C@@H](C)O)C2)cc1F. The Morgan fingerprint density at radius 3 is 2.45 bits per heavy atom. The number of aryl methyl sites for hydroxylation is 1. The zero-order chi connectivity index (χ0) is 30.4. The molecule has 2 fully saturated rings. The summed E-state index contributed by atoms with van der Waals surface area (Å²) in [4.78, 5) is 14.4. The van der Waals surface area contributed by atoms with Crippen LogP contribution >= 0.6 is 0 Å². The van der Waals surface area contributed by atoms with Crippen LogP contribution in [0.4, 0.5) is 23.5 Å². The molecule has 1 atom stereocenters. The highest BCUT2D eigenvalue weighted by Gasteiger charge is 2.37. The molecule has 0 aliphatic carbocycles. The lowest BCUT2D eigenvalue weighted by Crippen LogP contribution is -2.47. The number of aliphatic hydroxyl groups excluding tert-OH is 1. The standard InChI is InChI=1S/C27H33F4N7O3S/c1-16(39)12-36-13-19(14-36)18-4-5-24(22(28)10-18)38-15-23(33-17(38)2)25-21(27(29,30)31)11-32-26(35-25)34-20-6-8-37(9-7-20)42(3,40)41/h4-5,10-11,15-16,19-20,39H,6-9,12-14H2,1-3H3,(H,32,34,35)/t16-/m1/s1. The van der Waals surface area contributed by atoms with Crippen LogP contribution in [0.3, 0.4) is 0 Å². The minimum Gasteiger partial charge on any atom is -0.392 e. The summed E-state index contributed by atoms with van der Waals surface area (Å²) in [6.07, 6.45) is -1.17. The fraction of sp³-hybridized carbons (Fsp3) is 0.519. The van der Waals surface area contributed by atoms with Gasteiger partial charge < -0.3 is 15.0 Å². The molecule has 0 radical (unpaired) electrons. The summed E-state index contributed by atoms with van der Waals surface area (Å²) < 4.78 is 83.5. The maximum Gasteiger partial charge on any atom is 0.420 e. The lowest BCUT2D eigenvalue weighted by Gasteiger charge is -2.40. The molecule has 0 spiro atoms. The van der Waals surface area contributed by atoms with Gasteiger partial charge in [0.25, 0.3) is 0 Å². The van der Waals surface area contributed by atoms with E-state index in [-0.39, 0.29) is 48.2 Å². The number of rotatable bonds is 8. The lowest BCUT2D eigenvalue weighted by molar-refractivity contribution is -0.137. The van der Waals surface area contributed by atoms with Gasteiger partial charge in [-0.2, -0.15) is 13.2 Å². The Balaban J connectivity index is 1.38. The van der Waals surface area contributed by atoms with Gasteiger partial charge in [-0.3, -0.25) is 4.90 Å². The molecule has 2 aromatic heterocycles. The largest absolute Gasteiger partial charge is 0.420 e. The first-order valence-electron chi connectivity index (χ1n) is 13.6. The molecule has 2 aliphatic heterocycles. The number of benzene rings is 1. The van der Waals surface area contributed by atoms with Crippen LogP contribution in [-0.2, 0) is 16.2 Å². The van der Waals surface area contributed by atoms with Crippen molar-refractivity contribution >= 4 is 16.0 Å². The molecule has 1 aromatic carbocycles. The first-order valence-corrected chi connectivity index (χ1v) is 15.5. The van der Waals surface area contributed by atoms with Crippen molar-refractivity contribution in [3.63, 3.8) is 0 Å². The number of aliphatic hydroxyl groups is 1. The van der Waals surface area contributed by atoms with Crippen molar-refractivity contribution in [1.29, 1.82) is 0 Å². The van der Waals surface area contributed by atoms with Crippen LogP contribution in [0.5, 0.6) is 0 Å². The van der Waals surface area contributed by atoms with Crippen molar-refractivity contribution < 1.29 is 31.1 Å². The third-order valence-corrected chi connectivity index (χ3v) is 8.96. The highest BCUT2D eigenvalue weighted by atomic mass is 32.2. The van der Waals surface area contributed by atoms with E-state index in [1.807, 2.05) is 0 Å². The van der Waals surface area contributed by atoms with Gasteiger partial charge in [0, 0.05) is 57.1 Å². The third-order valence-electron chi connectivity index (χ3n) is 7.66. The summed E-state index contributed by atoms with van der Waals surface area (Å²) in [6.45, 7) is 5.80. The van der Waals surface area contributed by atoms with Crippen LogP contribution in [-0.4, -0.2) is 93.4 Å². The number of hydrogen-bond acceptors (Lipinski definition) is 8. The van der Waals surface area contributed by atoms with Gasteiger partial charge in [-0.25, -0.2) is 32.1 Å². The molecule has 42 heavy (non-hydrogen) atoms. The lowest BCUT2D eigenvalue weighted by atomic mass is 9.91. The first kappa shape index (κ1) is 30.3. The normalized spacial score (nSPS) is 18.7. The number of sulfonamides is 1. The Hall–Kier alpha value is -3.14. The zero-order valence-electron chi connectivity index (χ0n) is 23.4. The van der Waals surface area contributed by atoms with E-state index in [0.29, 0.717) is 38.7 Å². The molecule has 2 saturated heterocycles. The third kappa shape index (κ3) is 6.58. The van der Waals surface area contributed by atoms with Crippen molar-refractivity contribution in [3.8, 4) is 17.1 Å². The van der Waals surface area contributed by atoms with E-state index in [2.05, 4.69) is 25.2 Å². The van der Waals surface area contributed by atoms with Gasteiger partial charge >= 0.3 is 6.18 Å². The van der Waals surface area contributed by atoms with Crippen LogP contribution in [0, 0.1) is 12.7 Å². The number of alkyl halides is 3. The number of piperidine rings is 1. The fourth-order valence-corrected chi connectivity index (χ4v) is 6.35. The van der Waals surface area contributed by atoms with Gasteiger partial charge in [0.05, 0.1) is 18.0 Å². The predicted octanol–water partition coefficient (Wildman–Crippen LogP) is 3.41. The quantitative estimate of drug-likeness (QED) is 0.373. The van der Waals surface area contributed by atoms with Gasteiger partial charge in [0.2, 0.25) is 16.0 Å². The molecule has 2 N–H and O–H groups in total. The maximum atomic E-state index is 15.3. The topological polar surface area (TPSA) is 116 Å². The van der Waals surface area contributed by atoms with Crippen LogP contribution in [0.15, 0.2) is 30.6 Å². The van der Waals surface area contributed by atoms with Crippen LogP contribution in [0.1, 0.15) is 42.6 Å². The molecule has 0 bridgehead atoms. The minimum absolute atomic E-state index is 0.0383. The summed E-state index contributed by atoms with van der Waals surface area (Å²) in [7, 11) is -3.32. The number of aromatic nitrogens is 4. The Morgan fingerprint density at radius 2 is 1.86 bits per heavy atom. The van der Waals surface area contributed by atoms with E-state index in [4.69, 9.17) is 0 Å². The molecular weight excluding hydrogens is 578 g/mol. The number of halogens is 4. The van der Waals surface area contributed by atoms with Crippen molar-refractivity contribution in [1.82, 2.24) is 28.7 Å². The van der Waals surface area contributed by atoms with Crippen molar-refractivity contribution in [2.75, 3.05) is 44.3 Å². The predicted molar refractivity (Wildman–Crippen MR) is 148 cm³/mol. The first-order chi connectivity index (χ1) is 19.7. The van der Waals surface area contributed by atoms with Crippen LogP contribution in [0.25, 0.3) is 17.1 Å². The Morgan fingerprint density at radius 1 is 1.17 bits per heavy atom. The highest BCUT2D eigenvalue weighted by molar-refractivity contribution is 7.88. The van der Waals surface area contributed by atoms with Gasteiger partial charge in [-0.15, -0.1) is 0 Å². The van der Waals surface area contributed by atoms with Crippen LogP contribution in [0.2, 0.25) is 0 Å². The van der Waals surface area contributed by atoms with Gasteiger partial charge in [-0.1, -0.05) is 6.07 Å². The van der Waals surface area contributed by atoms with E-state index >= 15 is 4.39 Å². The summed E-state index contributed by atoms with van der Waals surface area (Å²) in [5.41, 5.74) is -0.654. The van der Waals surface area contributed by atoms with Crippen molar-refractivity contribution in [3.05, 3.63) is 53.4 Å². The fourth-order valence-electron chi connectivity index (χ4n) is 5.48. The molecule has 0 unspecified atom stereocenters. The molecular formula is C27H33F4N7O3S. The molecule has 5 rings (SSSR count). The molecule has 3 aromatic rings. The molecule has 0 amide bonds. The number of hydrogen-bond donors (Lipinski definition) is 2. The molecule has 15 heteroatoms. The Bertz CT molecular complexity index is 1550. The molecule has 0 saturated carbocycles. The molecule has 10 nitrogen and oxygen atoms in total. The number of nitrogens with one attached hydrogen (secondary N) is 1. The zero-order valence-corrected chi connectivity index (χ0v) is 24.3. The van der Waals surface area contributed by atoms with Gasteiger partial charge in [0.1, 0.15) is 28.6 Å². The smallest absolute Gasteiger partial charge is 0.392 e. The average molecular weight is 612 g/mol. The van der Waals surface area contributed by atoms with Gasteiger partial charge in [-0.05, 0) is 44.4 Å². The van der Waals surface area contributed by atoms with E-state index < -0.39 is 39.4 Å². The summed E-state index contributed by atoms with van der Waals surface area (Å²) in [5.74, 6) is -0.164. The highest BCUT2D eigenvalue weighted by Crippen LogP contribution is 2.37. The minimum atomic E-state index is -4.76. The van der Waals surface area contributed by atoms with Crippen molar-refractivity contribution in [2.24, 2.45) is 0 Å². The van der Waals surface area contributed by atoms with E-state index in [0.717, 1.165) is 11.8 Å². The second-order valence-electron chi connectivity index (χ2n) is 11.1. The average Bonchev–Trinajstić information content (AvgIpc) is 3.26. The number of imidazole rings is 1. The molecule has 4 heterocycles. The van der Waals surface area contributed by atoms with E-state index in [1.165, 1.54) is 21.1 Å². The second kappa shape index (κ2) is 11.5. The Labute approximate surface area is 241 Å². The summed E-state index contributed by atoms with van der Waals surface area (Å²) in [5, 5.41) is 12.6. The monoisotopic (exact) mass is 611 g/mol. The number of likely N-dealkylation sites (tertiary alicyclic amines) is 1. The molecule has 2 aliphatic rings. The van der Waals surface area contributed by atoms with E-state index in [1.54, 1.807) is 26.0 Å². The summed E-state index contributed by atoms with van der Waals surface area (Å²) >= 11 is 0. The number of nitrogens with zero attached hydrogens (tertiary/aromatic N) is 6. The van der Waals surface area contributed by atoms with E-state index in [9.17, 15) is 26.7 Å². The maximum absolute atomic E-state index is 15.3. The number of anilines is 1. The van der Waals surface area contributed by atoms with Crippen molar-refractivity contribution in [2.45, 2.75) is 50.9 Å². The molecule has 228 valence electrons. The Kier molecular flexibility index (Phi) is 8.31. The number of β-amino-alcohol motifs (C(OH)–C–C–N with tert-alkyl or cyclic N) is 1. The second-order valence-corrected chi connectivity index (χ2v) is 13.0.